The summed E-state index contributed by atoms with van der Waals surface area (Å²) in [6.45, 7) is 0. The Balaban J connectivity index is 0.00000192. The van der Waals surface area contributed by atoms with Crippen LogP contribution in [0, 0.1) is 0 Å². The van der Waals surface area contributed by atoms with Gasteiger partial charge >= 0.3 is 11.8 Å². The molecule has 2 amide bonds. The van der Waals surface area contributed by atoms with Gasteiger partial charge in [0.1, 0.15) is 16.8 Å². The molecule has 0 saturated heterocycles. The molecule has 0 aromatic heterocycles. The van der Waals surface area contributed by atoms with Crippen LogP contribution in [0.15, 0.2) is 24.3 Å². The van der Waals surface area contributed by atoms with Crippen molar-refractivity contribution in [2.45, 2.75) is 0 Å². The van der Waals surface area contributed by atoms with E-state index in [0.717, 1.165) is 0 Å². The van der Waals surface area contributed by atoms with Gasteiger partial charge in [-0.3, -0.25) is 0 Å². The fourth-order valence-corrected chi connectivity index (χ4v) is 3.26. The summed E-state index contributed by atoms with van der Waals surface area (Å²) in [5.41, 5.74) is 0.552. The van der Waals surface area contributed by atoms with Crippen molar-refractivity contribution in [3.05, 3.63) is 60.5 Å². The van der Waals surface area contributed by atoms with Crippen LogP contribution in [0.25, 0.3) is 0 Å². The third kappa shape index (κ3) is 2.96. The highest BCUT2D eigenvalue weighted by atomic mass is 35.5. The van der Waals surface area contributed by atoms with Crippen LogP contribution in [-0.4, -0.2) is 11.8 Å². The van der Waals surface area contributed by atoms with E-state index in [0.29, 0.717) is 10.7 Å². The molecule has 0 fully saturated rings. The number of imide groups is 1. The quantitative estimate of drug-likeness (QED) is 0.548. The maximum absolute atomic E-state index is 12.6. The Kier molecular flexibility index (Phi) is 5.54. The largest absolute Gasteiger partial charge is 1.00 e. The van der Waals surface area contributed by atoms with E-state index in [9.17, 15) is 9.59 Å². The van der Waals surface area contributed by atoms with E-state index in [1.807, 2.05) is 0 Å². The van der Waals surface area contributed by atoms with Crippen molar-refractivity contribution in [2.75, 3.05) is 0 Å². The number of rotatable bonds is 1. The van der Waals surface area contributed by atoms with Crippen molar-refractivity contribution in [3.63, 3.8) is 0 Å². The van der Waals surface area contributed by atoms with Crippen LogP contribution < -0.4 is 17.3 Å². The molecule has 1 aliphatic rings. The Morgan fingerprint density at radius 2 is 1.39 bits per heavy atom. The molecule has 0 radical (unpaired) electrons. The standard InChI is InChI=1S/C14H4Cl5NO2.ClH/c15-7-2-1-5(3-8(7)16)20-13(21)6-4-9(17)11(18)12(19)10(6)14(20)22;/h1-4H;1H. The fraction of sp³-hybridized carbons (Fsp3) is 0. The molecule has 120 valence electrons. The fourth-order valence-electron chi connectivity index (χ4n) is 2.27. The van der Waals surface area contributed by atoms with Crippen LogP contribution in [0.4, 0.5) is 5.69 Å². The number of fused-ring (bicyclic) bond motifs is 1. The van der Waals surface area contributed by atoms with Gasteiger partial charge in [-0.25, -0.2) is 9.59 Å². The number of amides is 2. The molecule has 23 heavy (non-hydrogen) atoms. The predicted octanol–water partition coefficient (Wildman–Crippen LogP) is 1.47. The zero-order valence-electron chi connectivity index (χ0n) is 10.9. The monoisotopic (exact) mass is 429 g/mol. The third-order valence-corrected chi connectivity index (χ3v) is 5.30. The van der Waals surface area contributed by atoms with E-state index in [2.05, 4.69) is 0 Å². The van der Waals surface area contributed by atoms with Gasteiger partial charge in [0.2, 0.25) is 0 Å². The number of carbonyl (C=O) groups is 2. The van der Waals surface area contributed by atoms with Gasteiger partial charge in [0.15, 0.2) is 0 Å². The first-order chi connectivity index (χ1) is 10.3. The van der Waals surface area contributed by atoms with Crippen LogP contribution in [0.3, 0.4) is 0 Å². The Morgan fingerprint density at radius 1 is 0.739 bits per heavy atom. The summed E-state index contributed by atoms with van der Waals surface area (Å²) in [5, 5.41) is 0.689. The topological polar surface area (TPSA) is 38.6 Å². The van der Waals surface area contributed by atoms with Gasteiger partial charge in [0.25, 0.3) is 0 Å². The van der Waals surface area contributed by atoms with Gasteiger partial charge in [-0.05, 0) is 12.1 Å². The van der Waals surface area contributed by atoms with Crippen molar-refractivity contribution in [1.29, 1.82) is 0 Å². The maximum atomic E-state index is 12.6. The normalized spacial score (nSPS) is 16.3. The summed E-state index contributed by atoms with van der Waals surface area (Å²) in [5.74, 6) is -0.985. The van der Waals surface area contributed by atoms with Crippen LogP contribution in [0.5, 0.6) is 0 Å². The first-order valence-corrected chi connectivity index (χ1v) is 7.81. The van der Waals surface area contributed by atoms with Gasteiger partial charge in [0, 0.05) is 12.1 Å². The third-order valence-electron chi connectivity index (χ3n) is 3.30. The highest BCUT2D eigenvalue weighted by Crippen LogP contribution is 2.36. The molecule has 0 spiro atoms. The average molecular weight is 432 g/mol. The zero-order valence-corrected chi connectivity index (χ0v) is 15.4. The summed E-state index contributed by atoms with van der Waals surface area (Å²) in [6, 6.07) is 5.85. The van der Waals surface area contributed by atoms with E-state index < -0.39 is 11.8 Å². The van der Waals surface area contributed by atoms with E-state index in [1.165, 1.54) is 18.2 Å². The Labute approximate surface area is 162 Å². The summed E-state index contributed by atoms with van der Waals surface area (Å²) in [4.78, 5) is 25.1. The summed E-state index contributed by atoms with van der Waals surface area (Å²) in [7, 11) is 0. The molecule has 9 heteroatoms. The Bertz CT molecular complexity index is 852. The molecule has 1 aliphatic heterocycles. The Morgan fingerprint density at radius 3 is 2.00 bits per heavy atom. The number of halogens is 6. The number of carbonyl (C=O) groups excluding carboxylic acids is 2. The van der Waals surface area contributed by atoms with Crippen molar-refractivity contribution < 1.29 is 26.9 Å². The lowest BCUT2D eigenvalue weighted by atomic mass is 10.1. The molecular formula is C14H5Cl6NO2. The summed E-state index contributed by atoms with van der Waals surface area (Å²) < 4.78 is 0. The second-order valence-corrected chi connectivity index (χ2v) is 6.55. The second kappa shape index (κ2) is 6.77. The highest BCUT2D eigenvalue weighted by molar-refractivity contribution is 6.50. The van der Waals surface area contributed by atoms with Crippen LogP contribution >= 0.6 is 58.0 Å². The molecule has 3 rings (SSSR count). The number of nitrogens with one attached hydrogen (secondary N) is 1. The van der Waals surface area contributed by atoms with Gasteiger partial charge < -0.3 is 12.4 Å². The van der Waals surface area contributed by atoms with Crippen molar-refractivity contribution in [2.24, 2.45) is 0 Å². The molecule has 0 bridgehead atoms. The van der Waals surface area contributed by atoms with Gasteiger partial charge in [-0.15, -0.1) is 0 Å². The first-order valence-electron chi connectivity index (χ1n) is 5.92. The number of quaternary nitrogens is 1. The lowest BCUT2D eigenvalue weighted by molar-refractivity contribution is -0.640. The van der Waals surface area contributed by atoms with Gasteiger partial charge in [-0.1, -0.05) is 58.0 Å². The average Bonchev–Trinajstić information content (AvgIpc) is 2.71. The molecule has 2 aromatic rings. The van der Waals surface area contributed by atoms with Gasteiger partial charge in [0.05, 0.1) is 25.1 Å². The zero-order chi connectivity index (χ0) is 16.2. The van der Waals surface area contributed by atoms with E-state index in [4.69, 9.17) is 58.0 Å². The molecular weight excluding hydrogens is 427 g/mol. The van der Waals surface area contributed by atoms with E-state index in [-0.39, 0.29) is 48.5 Å². The second-order valence-electron chi connectivity index (χ2n) is 4.57. The van der Waals surface area contributed by atoms with E-state index in [1.54, 1.807) is 6.07 Å². The van der Waals surface area contributed by atoms with Crippen molar-refractivity contribution in [3.8, 4) is 0 Å². The SMILES string of the molecule is O=C1c2cc(Cl)c(Cl)c(Cl)c2C(=O)[NH+]1c1ccc(Cl)c(Cl)c1.[Cl-]. The smallest absolute Gasteiger partial charge is 0.359 e. The van der Waals surface area contributed by atoms with Crippen LogP contribution in [-0.2, 0) is 0 Å². The molecule has 1 N–H and O–H groups in total. The minimum Gasteiger partial charge on any atom is -1.00 e. The molecule has 3 nitrogen and oxygen atoms in total. The maximum Gasteiger partial charge on any atom is 0.359 e. The number of hydrogen-bond donors (Lipinski definition) is 1. The molecule has 1 heterocycles. The Hall–Kier alpha value is -0.520. The number of hydrogen-bond acceptors (Lipinski definition) is 2. The molecule has 2 aromatic carbocycles. The van der Waals surface area contributed by atoms with Crippen molar-refractivity contribution in [1.82, 2.24) is 0 Å². The lowest BCUT2D eigenvalue weighted by Crippen LogP contribution is -3.10. The molecule has 0 saturated carbocycles. The van der Waals surface area contributed by atoms with E-state index >= 15 is 0 Å². The summed E-state index contributed by atoms with van der Waals surface area (Å²) >= 11 is 29.7. The first kappa shape index (κ1) is 18.8. The minimum absolute atomic E-state index is 0. The molecule has 1 unspecified atom stereocenters. The number of benzene rings is 2. The minimum atomic E-state index is -0.512. The van der Waals surface area contributed by atoms with Crippen molar-refractivity contribution >= 4 is 75.5 Å². The lowest BCUT2D eigenvalue weighted by Gasteiger charge is -2.07. The molecule has 1 atom stereocenters. The summed E-state index contributed by atoms with van der Waals surface area (Å²) in [6.07, 6.45) is 0. The highest BCUT2D eigenvalue weighted by Gasteiger charge is 2.46. The van der Waals surface area contributed by atoms with Gasteiger partial charge in [-0.2, -0.15) is 4.90 Å². The van der Waals surface area contributed by atoms with Crippen LogP contribution in [0.2, 0.25) is 25.1 Å². The molecule has 0 aliphatic carbocycles. The predicted molar refractivity (Wildman–Crippen MR) is 87.2 cm³/mol. The van der Waals surface area contributed by atoms with Crippen LogP contribution in [0.1, 0.15) is 20.7 Å².